The number of benzene rings is 1. The maximum Gasteiger partial charge on any atom is 0.321 e. The molecular formula is C12H12ClN5O4S. The van der Waals surface area contributed by atoms with Crippen LogP contribution in [0.15, 0.2) is 23.1 Å². The molecule has 1 heterocycles. The molecule has 0 saturated carbocycles. The van der Waals surface area contributed by atoms with E-state index in [9.17, 15) is 13.2 Å². The Morgan fingerprint density at radius 2 is 2.00 bits per heavy atom. The summed E-state index contributed by atoms with van der Waals surface area (Å²) in [5.74, 6) is -0.828. The fraction of sp³-hybridized carbons (Fsp3) is 0.167. The number of primary amides is 1. The fourth-order valence-electron chi connectivity index (χ4n) is 1.68. The number of hydrogen-bond donors (Lipinski definition) is 2. The van der Waals surface area contributed by atoms with Crippen molar-refractivity contribution in [2.24, 2.45) is 5.73 Å². The lowest BCUT2D eigenvalue weighted by molar-refractivity contribution is 0.1000. The second-order valence-electron chi connectivity index (χ2n) is 4.28. The average Bonchev–Trinajstić information content (AvgIpc) is 2.45. The maximum atomic E-state index is 12.4. The molecule has 1 aromatic heterocycles. The van der Waals surface area contributed by atoms with Gasteiger partial charge in [0.05, 0.1) is 17.7 Å². The van der Waals surface area contributed by atoms with Crippen LogP contribution in [-0.4, -0.2) is 36.4 Å². The molecule has 0 aliphatic carbocycles. The zero-order valence-corrected chi connectivity index (χ0v) is 13.6. The SMILES string of the molecule is COc1nc(C)nc(NS(=O)(=O)c2cccc(C(N)=O)c2Cl)n1. The number of aromatic nitrogens is 3. The van der Waals surface area contributed by atoms with Crippen molar-refractivity contribution in [2.45, 2.75) is 11.8 Å². The van der Waals surface area contributed by atoms with Crippen LogP contribution in [0, 0.1) is 6.92 Å². The van der Waals surface area contributed by atoms with Gasteiger partial charge in [-0.3, -0.25) is 4.79 Å². The highest BCUT2D eigenvalue weighted by Crippen LogP contribution is 2.26. The Kier molecular flexibility index (Phi) is 4.66. The number of nitrogens with one attached hydrogen (secondary N) is 1. The van der Waals surface area contributed by atoms with E-state index in [1.807, 2.05) is 0 Å². The van der Waals surface area contributed by atoms with Gasteiger partial charge in [0, 0.05) is 0 Å². The lowest BCUT2D eigenvalue weighted by Crippen LogP contribution is -2.18. The van der Waals surface area contributed by atoms with E-state index in [1.165, 1.54) is 25.3 Å². The molecule has 3 N–H and O–H groups in total. The third kappa shape index (κ3) is 3.66. The molecule has 2 aromatic rings. The molecule has 2 rings (SSSR count). The van der Waals surface area contributed by atoms with Crippen LogP contribution in [0.2, 0.25) is 5.02 Å². The molecule has 0 atom stereocenters. The predicted octanol–water partition coefficient (Wildman–Crippen LogP) is 0.742. The number of rotatable bonds is 5. The summed E-state index contributed by atoms with van der Waals surface area (Å²) in [5, 5.41) is -0.287. The zero-order chi connectivity index (χ0) is 17.2. The number of sulfonamides is 1. The van der Waals surface area contributed by atoms with Crippen LogP contribution in [0.3, 0.4) is 0 Å². The summed E-state index contributed by atoms with van der Waals surface area (Å²) in [6.45, 7) is 1.54. The van der Waals surface area contributed by atoms with Crippen LogP contribution in [0.5, 0.6) is 6.01 Å². The predicted molar refractivity (Wildman–Crippen MR) is 81.9 cm³/mol. The van der Waals surface area contributed by atoms with Crippen molar-refractivity contribution in [3.63, 3.8) is 0 Å². The smallest absolute Gasteiger partial charge is 0.321 e. The number of nitrogens with two attached hydrogens (primary N) is 1. The van der Waals surface area contributed by atoms with Crippen LogP contribution in [-0.2, 0) is 10.0 Å². The van der Waals surface area contributed by atoms with Crippen LogP contribution >= 0.6 is 11.6 Å². The number of carbonyl (C=O) groups excluding carboxylic acids is 1. The van der Waals surface area contributed by atoms with Crippen molar-refractivity contribution in [1.82, 2.24) is 15.0 Å². The molecule has 1 amide bonds. The monoisotopic (exact) mass is 357 g/mol. The standard InChI is InChI=1S/C12H12ClN5O4S/c1-6-15-11(17-12(16-6)22-2)18-23(20,21)8-5-3-4-7(9(8)13)10(14)19/h3-5H,1-2H3,(H2,14,19)(H,15,16,17,18). The van der Waals surface area contributed by atoms with Crippen molar-refractivity contribution in [3.8, 4) is 6.01 Å². The first kappa shape index (κ1) is 16.9. The highest BCUT2D eigenvalue weighted by atomic mass is 35.5. The third-order valence-electron chi connectivity index (χ3n) is 2.65. The zero-order valence-electron chi connectivity index (χ0n) is 12.1. The molecule has 1 aromatic carbocycles. The van der Waals surface area contributed by atoms with Crippen molar-refractivity contribution in [1.29, 1.82) is 0 Å². The van der Waals surface area contributed by atoms with E-state index >= 15 is 0 Å². The number of carbonyl (C=O) groups is 1. The first-order valence-corrected chi connectivity index (χ1v) is 7.98. The topological polar surface area (TPSA) is 137 Å². The minimum atomic E-state index is -4.14. The number of methoxy groups -OCH3 is 1. The fourth-order valence-corrected chi connectivity index (χ4v) is 3.25. The highest BCUT2D eigenvalue weighted by molar-refractivity contribution is 7.92. The van der Waals surface area contributed by atoms with Crippen molar-refractivity contribution >= 4 is 33.5 Å². The molecule has 0 radical (unpaired) electrons. The van der Waals surface area contributed by atoms with Crippen LogP contribution in [0.25, 0.3) is 0 Å². The van der Waals surface area contributed by atoms with Gasteiger partial charge in [0.2, 0.25) is 11.9 Å². The second kappa shape index (κ2) is 6.34. The second-order valence-corrected chi connectivity index (χ2v) is 6.31. The van der Waals surface area contributed by atoms with Crippen molar-refractivity contribution in [2.75, 3.05) is 11.8 Å². The first-order chi connectivity index (χ1) is 10.7. The van der Waals surface area contributed by atoms with Crippen LogP contribution < -0.4 is 15.2 Å². The van der Waals surface area contributed by atoms with Gasteiger partial charge in [0.25, 0.3) is 10.0 Å². The van der Waals surface area contributed by atoms with Crippen LogP contribution in [0.1, 0.15) is 16.2 Å². The minimum absolute atomic E-state index is 0.0489. The Labute approximate surface area is 136 Å². The molecule has 11 heteroatoms. The summed E-state index contributed by atoms with van der Waals surface area (Å²) in [4.78, 5) is 22.4. The van der Waals surface area contributed by atoms with Gasteiger partial charge >= 0.3 is 6.01 Å². The molecule has 9 nitrogen and oxygen atoms in total. The number of ether oxygens (including phenoxy) is 1. The van der Waals surface area contributed by atoms with Gasteiger partial charge in [-0.25, -0.2) is 13.1 Å². The van der Waals surface area contributed by atoms with Crippen molar-refractivity contribution in [3.05, 3.63) is 34.6 Å². The Morgan fingerprint density at radius 1 is 1.30 bits per heavy atom. The molecule has 0 fully saturated rings. The van der Waals surface area contributed by atoms with Gasteiger partial charge in [0.15, 0.2) is 0 Å². The number of nitrogens with zero attached hydrogens (tertiary/aromatic N) is 3. The van der Waals surface area contributed by atoms with Crippen molar-refractivity contribution < 1.29 is 17.9 Å². The molecular weight excluding hydrogens is 346 g/mol. The largest absolute Gasteiger partial charge is 0.467 e. The van der Waals surface area contributed by atoms with Gasteiger partial charge < -0.3 is 10.5 Å². The summed E-state index contributed by atoms with van der Waals surface area (Å²) in [5.41, 5.74) is 5.04. The molecule has 0 spiro atoms. The third-order valence-corrected chi connectivity index (χ3v) is 4.54. The molecule has 0 aliphatic rings. The lowest BCUT2D eigenvalue weighted by Gasteiger charge is -2.10. The van der Waals surface area contributed by atoms with E-state index in [2.05, 4.69) is 19.7 Å². The van der Waals surface area contributed by atoms with E-state index in [-0.39, 0.29) is 33.3 Å². The lowest BCUT2D eigenvalue weighted by atomic mass is 10.2. The van der Waals surface area contributed by atoms with Gasteiger partial charge in [-0.15, -0.1) is 0 Å². The summed E-state index contributed by atoms with van der Waals surface area (Å²) >= 11 is 5.95. The highest BCUT2D eigenvalue weighted by Gasteiger charge is 2.23. The van der Waals surface area contributed by atoms with Gasteiger partial charge in [-0.05, 0) is 19.1 Å². The Hall–Kier alpha value is -2.46. The Morgan fingerprint density at radius 3 is 2.61 bits per heavy atom. The quantitative estimate of drug-likeness (QED) is 0.804. The minimum Gasteiger partial charge on any atom is -0.467 e. The number of halogens is 1. The Balaban J connectivity index is 2.46. The molecule has 122 valence electrons. The van der Waals surface area contributed by atoms with Gasteiger partial charge in [-0.2, -0.15) is 15.0 Å². The summed E-state index contributed by atoms with van der Waals surface area (Å²) in [6, 6.07) is 3.84. The molecule has 0 bridgehead atoms. The molecule has 0 saturated heterocycles. The first-order valence-electron chi connectivity index (χ1n) is 6.12. The number of aryl methyl sites for hydroxylation is 1. The number of amides is 1. The number of anilines is 1. The Bertz CT molecular complexity index is 872. The summed E-state index contributed by atoms with van der Waals surface area (Å²) in [6.07, 6.45) is 0. The summed E-state index contributed by atoms with van der Waals surface area (Å²) < 4.78 is 31.8. The van der Waals surface area contributed by atoms with Crippen LogP contribution in [0.4, 0.5) is 5.95 Å². The van der Waals surface area contributed by atoms with E-state index in [0.29, 0.717) is 0 Å². The maximum absolute atomic E-state index is 12.4. The summed E-state index contributed by atoms with van der Waals surface area (Å²) in [7, 11) is -2.81. The normalized spacial score (nSPS) is 11.1. The molecule has 23 heavy (non-hydrogen) atoms. The number of hydrogen-bond acceptors (Lipinski definition) is 7. The molecule has 0 unspecified atom stereocenters. The average molecular weight is 358 g/mol. The van der Waals surface area contributed by atoms with E-state index in [0.717, 1.165) is 0 Å². The van der Waals surface area contributed by atoms with E-state index < -0.39 is 15.9 Å². The van der Waals surface area contributed by atoms with E-state index in [4.69, 9.17) is 22.1 Å². The van der Waals surface area contributed by atoms with Gasteiger partial charge in [0.1, 0.15) is 10.7 Å². The molecule has 0 aliphatic heterocycles. The van der Waals surface area contributed by atoms with E-state index in [1.54, 1.807) is 6.92 Å². The van der Waals surface area contributed by atoms with Gasteiger partial charge in [-0.1, -0.05) is 17.7 Å².